The lowest BCUT2D eigenvalue weighted by Gasteiger charge is -2.21. The van der Waals surface area contributed by atoms with Gasteiger partial charge >= 0.3 is 5.97 Å². The molecule has 0 aliphatic heterocycles. The molecule has 0 atom stereocenters. The van der Waals surface area contributed by atoms with Crippen LogP contribution >= 0.6 is 11.6 Å². The van der Waals surface area contributed by atoms with Gasteiger partial charge in [-0.15, -0.1) is 0 Å². The first-order valence-electron chi connectivity index (χ1n) is 7.00. The number of hydrogen-bond donors (Lipinski definition) is 1. The average molecular weight is 332 g/mol. The molecule has 6 heteroatoms. The molecule has 23 heavy (non-hydrogen) atoms. The number of esters is 1. The van der Waals surface area contributed by atoms with Crippen molar-refractivity contribution in [3.05, 3.63) is 46.2 Å². The lowest BCUT2D eigenvalue weighted by Crippen LogP contribution is -2.14. The first kappa shape index (κ1) is 16.9. The minimum atomic E-state index is -0.624. The van der Waals surface area contributed by atoms with Crippen molar-refractivity contribution in [2.75, 3.05) is 12.8 Å². The molecule has 1 heterocycles. The van der Waals surface area contributed by atoms with E-state index in [0.29, 0.717) is 10.7 Å². The lowest BCUT2D eigenvalue weighted by molar-refractivity contribution is 0.0593. The Morgan fingerprint density at radius 3 is 2.57 bits per heavy atom. The Morgan fingerprint density at radius 2 is 2.04 bits per heavy atom. The topological polar surface area (TPSA) is 81.0 Å². The number of ether oxygens (including phenoxy) is 1. The molecule has 1 aromatic heterocycles. The van der Waals surface area contributed by atoms with Crippen LogP contribution in [0.5, 0.6) is 0 Å². The molecule has 120 valence electrons. The van der Waals surface area contributed by atoms with Crippen LogP contribution in [-0.2, 0) is 10.2 Å². The van der Waals surface area contributed by atoms with Gasteiger partial charge < -0.3 is 15.0 Å². The molecule has 0 amide bonds. The molecule has 0 fully saturated rings. The Hall–Kier alpha value is -2.45. The second-order valence-corrected chi connectivity index (χ2v) is 6.60. The van der Waals surface area contributed by atoms with Gasteiger partial charge in [-0.3, -0.25) is 0 Å². The Labute approximate surface area is 140 Å². The highest BCUT2D eigenvalue weighted by Crippen LogP contribution is 2.32. The normalized spacial score (nSPS) is 11.1. The number of aromatic nitrogens is 1. The number of nitrogen functional groups attached to an aromatic ring is 1. The molecule has 0 radical (unpaired) electrons. The maximum absolute atomic E-state index is 12.1. The number of hydrogen-bond acceptors (Lipinski definition) is 4. The number of nitrogens with zero attached hydrogens (tertiary/aromatic N) is 2. The number of nitriles is 1. The van der Waals surface area contributed by atoms with Gasteiger partial charge in [0.1, 0.15) is 6.07 Å². The van der Waals surface area contributed by atoms with E-state index in [1.807, 2.05) is 18.2 Å². The molecular formula is C17H18ClN3O2. The van der Waals surface area contributed by atoms with Crippen LogP contribution in [0.1, 0.15) is 42.4 Å². The van der Waals surface area contributed by atoms with Gasteiger partial charge in [0.25, 0.3) is 0 Å². The highest BCUT2D eigenvalue weighted by molar-refractivity contribution is 6.32. The Kier molecular flexibility index (Phi) is 4.39. The summed E-state index contributed by atoms with van der Waals surface area (Å²) in [5.41, 5.74) is 7.81. The number of methoxy groups -OCH3 is 1. The fourth-order valence-electron chi connectivity index (χ4n) is 2.27. The summed E-state index contributed by atoms with van der Waals surface area (Å²) in [7, 11) is 1.26. The van der Waals surface area contributed by atoms with Crippen molar-refractivity contribution in [1.82, 2.24) is 4.57 Å². The van der Waals surface area contributed by atoms with E-state index in [1.165, 1.54) is 17.9 Å². The third-order valence-electron chi connectivity index (χ3n) is 3.62. The van der Waals surface area contributed by atoms with Crippen LogP contribution in [-0.4, -0.2) is 17.6 Å². The molecule has 0 unspecified atom stereocenters. The summed E-state index contributed by atoms with van der Waals surface area (Å²) in [5.74, 6) is -0.624. The smallest absolute Gasteiger partial charge is 0.357 e. The second-order valence-electron chi connectivity index (χ2n) is 6.19. The predicted molar refractivity (Wildman–Crippen MR) is 89.9 cm³/mol. The van der Waals surface area contributed by atoms with Gasteiger partial charge in [-0.2, -0.15) is 5.26 Å². The summed E-state index contributed by atoms with van der Waals surface area (Å²) in [6, 6.07) is 7.55. The maximum Gasteiger partial charge on any atom is 0.357 e. The van der Waals surface area contributed by atoms with Crippen LogP contribution in [0.15, 0.2) is 24.4 Å². The van der Waals surface area contributed by atoms with Crippen molar-refractivity contribution < 1.29 is 9.53 Å². The monoisotopic (exact) mass is 331 g/mol. The van der Waals surface area contributed by atoms with Crippen molar-refractivity contribution >= 4 is 23.3 Å². The molecule has 2 aromatic rings. The zero-order valence-corrected chi connectivity index (χ0v) is 14.2. The van der Waals surface area contributed by atoms with Crippen LogP contribution in [0.2, 0.25) is 5.02 Å². The van der Waals surface area contributed by atoms with E-state index in [1.54, 1.807) is 6.07 Å². The molecule has 1 aromatic carbocycles. The second kappa shape index (κ2) is 5.98. The SMILES string of the molecule is COC(=O)c1c(N)c(C#N)cn1-c1cc(C(C)(C)C)ccc1Cl. The molecule has 0 spiro atoms. The molecule has 0 bridgehead atoms. The lowest BCUT2D eigenvalue weighted by atomic mass is 9.87. The summed E-state index contributed by atoms with van der Waals surface area (Å²) < 4.78 is 6.29. The van der Waals surface area contributed by atoms with Gasteiger partial charge in [0.05, 0.1) is 29.1 Å². The molecular weight excluding hydrogens is 314 g/mol. The average Bonchev–Trinajstić information content (AvgIpc) is 2.82. The van der Waals surface area contributed by atoms with E-state index in [4.69, 9.17) is 22.1 Å². The summed E-state index contributed by atoms with van der Waals surface area (Å²) in [6.45, 7) is 6.23. The van der Waals surface area contributed by atoms with E-state index in [-0.39, 0.29) is 22.4 Å². The van der Waals surface area contributed by atoms with Crippen LogP contribution in [0.25, 0.3) is 5.69 Å². The van der Waals surface area contributed by atoms with E-state index in [0.717, 1.165) is 5.56 Å². The summed E-state index contributed by atoms with van der Waals surface area (Å²) in [6.07, 6.45) is 1.50. The zero-order chi connectivity index (χ0) is 17.4. The number of rotatable bonds is 2. The van der Waals surface area contributed by atoms with Gasteiger partial charge in [0, 0.05) is 6.20 Å². The first-order chi connectivity index (χ1) is 10.7. The maximum atomic E-state index is 12.1. The summed E-state index contributed by atoms with van der Waals surface area (Å²) >= 11 is 6.31. The van der Waals surface area contributed by atoms with Crippen molar-refractivity contribution in [1.29, 1.82) is 5.26 Å². The van der Waals surface area contributed by atoms with Crippen molar-refractivity contribution in [3.63, 3.8) is 0 Å². The highest BCUT2D eigenvalue weighted by atomic mass is 35.5. The first-order valence-corrected chi connectivity index (χ1v) is 7.38. The molecule has 2 rings (SSSR count). The largest absolute Gasteiger partial charge is 0.464 e. The predicted octanol–water partition coefficient (Wildman–Crippen LogP) is 3.67. The summed E-state index contributed by atoms with van der Waals surface area (Å²) in [4.78, 5) is 12.1. The number of halogens is 1. The van der Waals surface area contributed by atoms with Gasteiger partial charge in [0.15, 0.2) is 5.69 Å². The number of nitrogens with two attached hydrogens (primary N) is 1. The van der Waals surface area contributed by atoms with E-state index >= 15 is 0 Å². The third kappa shape index (κ3) is 3.03. The molecule has 5 nitrogen and oxygen atoms in total. The van der Waals surface area contributed by atoms with E-state index in [9.17, 15) is 10.1 Å². The van der Waals surface area contributed by atoms with E-state index in [2.05, 4.69) is 20.8 Å². The van der Waals surface area contributed by atoms with Gasteiger partial charge in [-0.25, -0.2) is 4.79 Å². The van der Waals surface area contributed by atoms with Crippen LogP contribution < -0.4 is 5.73 Å². The minimum Gasteiger partial charge on any atom is -0.464 e. The standard InChI is InChI=1S/C17H18ClN3O2/c1-17(2,3)11-5-6-12(18)13(7-11)21-9-10(8-19)14(20)15(21)16(22)23-4/h5-7,9H,20H2,1-4H3. The van der Waals surface area contributed by atoms with Crippen molar-refractivity contribution in [2.24, 2.45) is 0 Å². The molecule has 0 aliphatic carbocycles. The minimum absolute atomic E-state index is 0.0802. The van der Waals surface area contributed by atoms with Gasteiger partial charge in [-0.1, -0.05) is 38.4 Å². The Balaban J connectivity index is 2.77. The number of anilines is 1. The molecule has 0 aliphatic rings. The number of benzene rings is 1. The quantitative estimate of drug-likeness (QED) is 0.851. The van der Waals surface area contributed by atoms with Crippen LogP contribution in [0, 0.1) is 11.3 Å². The van der Waals surface area contributed by atoms with Gasteiger partial charge in [-0.05, 0) is 23.1 Å². The van der Waals surface area contributed by atoms with Crippen LogP contribution in [0.4, 0.5) is 5.69 Å². The van der Waals surface area contributed by atoms with Crippen molar-refractivity contribution in [3.8, 4) is 11.8 Å². The fraction of sp³-hybridized carbons (Fsp3) is 0.294. The summed E-state index contributed by atoms with van der Waals surface area (Å²) in [5, 5.41) is 9.63. The molecule has 2 N–H and O–H groups in total. The zero-order valence-electron chi connectivity index (χ0n) is 13.5. The van der Waals surface area contributed by atoms with Gasteiger partial charge in [0.2, 0.25) is 0 Å². The number of carbonyl (C=O) groups excluding carboxylic acids is 1. The fourth-order valence-corrected chi connectivity index (χ4v) is 2.48. The van der Waals surface area contributed by atoms with Crippen molar-refractivity contribution in [2.45, 2.75) is 26.2 Å². The molecule has 0 saturated heterocycles. The molecule has 0 saturated carbocycles. The Morgan fingerprint density at radius 1 is 1.39 bits per heavy atom. The highest BCUT2D eigenvalue weighted by Gasteiger charge is 2.24. The number of carbonyl (C=O) groups is 1. The Bertz CT molecular complexity index is 810. The van der Waals surface area contributed by atoms with E-state index < -0.39 is 5.97 Å². The van der Waals surface area contributed by atoms with Crippen LogP contribution in [0.3, 0.4) is 0 Å². The third-order valence-corrected chi connectivity index (χ3v) is 3.93.